The van der Waals surface area contributed by atoms with Gasteiger partial charge in [-0.15, -0.1) is 0 Å². The number of hydrogen-bond acceptors (Lipinski definition) is 3. The Morgan fingerprint density at radius 1 is 0.955 bits per heavy atom. The van der Waals surface area contributed by atoms with Gasteiger partial charge in [-0.25, -0.2) is 0 Å². The third-order valence-corrected chi connectivity index (χ3v) is 4.55. The summed E-state index contributed by atoms with van der Waals surface area (Å²) in [6.45, 7) is 5.50. The summed E-state index contributed by atoms with van der Waals surface area (Å²) >= 11 is 3.43. The average molecular weight is 370 g/mol. The van der Waals surface area contributed by atoms with Gasteiger partial charge in [0.25, 0.3) is 0 Å². The number of rotatable bonds is 10. The largest absolute Gasteiger partial charge is 0.381 e. The van der Waals surface area contributed by atoms with Crippen molar-refractivity contribution in [1.29, 1.82) is 0 Å². The lowest BCUT2D eigenvalue weighted by atomic mass is 10.1. The van der Waals surface area contributed by atoms with E-state index in [1.165, 1.54) is 24.1 Å². The first kappa shape index (κ1) is 17.8. The highest BCUT2D eigenvalue weighted by Crippen LogP contribution is 2.17. The predicted octanol–water partition coefficient (Wildman–Crippen LogP) is 4.04. The highest BCUT2D eigenvalue weighted by molar-refractivity contribution is 9.09. The van der Waals surface area contributed by atoms with Crippen molar-refractivity contribution >= 4 is 21.6 Å². The third kappa shape index (κ3) is 6.67. The number of alkyl halides is 1. The van der Waals surface area contributed by atoms with Crippen molar-refractivity contribution in [2.24, 2.45) is 0 Å². The molecule has 0 radical (unpaired) electrons. The molecule has 3 nitrogen and oxygen atoms in total. The molecule has 1 aliphatic rings. The van der Waals surface area contributed by atoms with Gasteiger partial charge in [-0.1, -0.05) is 28.1 Å². The minimum Gasteiger partial charge on any atom is -0.381 e. The van der Waals surface area contributed by atoms with Crippen molar-refractivity contribution in [2.75, 3.05) is 49.7 Å². The van der Waals surface area contributed by atoms with E-state index in [2.05, 4.69) is 45.1 Å². The fourth-order valence-corrected chi connectivity index (χ4v) is 3.03. The molecule has 1 saturated heterocycles. The van der Waals surface area contributed by atoms with Gasteiger partial charge in [0.2, 0.25) is 0 Å². The molecule has 0 bridgehead atoms. The molecule has 0 aliphatic carbocycles. The molecule has 1 fully saturated rings. The maximum atomic E-state index is 5.63. The lowest BCUT2D eigenvalue weighted by molar-refractivity contribution is 0.122. The van der Waals surface area contributed by atoms with Crippen LogP contribution in [0.3, 0.4) is 0 Å². The van der Waals surface area contributed by atoms with E-state index in [1.807, 2.05) is 0 Å². The van der Waals surface area contributed by atoms with E-state index in [4.69, 9.17) is 9.47 Å². The van der Waals surface area contributed by atoms with Crippen molar-refractivity contribution in [2.45, 2.75) is 32.1 Å². The van der Waals surface area contributed by atoms with Crippen LogP contribution in [0.4, 0.5) is 5.69 Å². The highest BCUT2D eigenvalue weighted by Gasteiger charge is 2.10. The Bertz CT molecular complexity index is 391. The molecule has 2 rings (SSSR count). The van der Waals surface area contributed by atoms with Crippen molar-refractivity contribution in [3.63, 3.8) is 0 Å². The van der Waals surface area contributed by atoms with Gasteiger partial charge >= 0.3 is 0 Å². The monoisotopic (exact) mass is 369 g/mol. The lowest BCUT2D eigenvalue weighted by Gasteiger charge is -2.28. The molecular weight excluding hydrogens is 342 g/mol. The summed E-state index contributed by atoms with van der Waals surface area (Å²) in [5.41, 5.74) is 2.75. The summed E-state index contributed by atoms with van der Waals surface area (Å²) in [6, 6.07) is 9.03. The van der Waals surface area contributed by atoms with Gasteiger partial charge in [-0.05, 0) is 49.8 Å². The van der Waals surface area contributed by atoms with Crippen LogP contribution in [-0.2, 0) is 15.9 Å². The smallest absolute Gasteiger partial charge is 0.0642 e. The van der Waals surface area contributed by atoms with Gasteiger partial charge in [0.1, 0.15) is 0 Å². The molecule has 0 N–H and O–H groups in total. The van der Waals surface area contributed by atoms with Crippen molar-refractivity contribution in [3.05, 3.63) is 29.8 Å². The first-order valence-corrected chi connectivity index (χ1v) is 9.57. The molecule has 124 valence electrons. The molecule has 0 saturated carbocycles. The van der Waals surface area contributed by atoms with Crippen LogP contribution >= 0.6 is 15.9 Å². The average Bonchev–Trinajstić information content (AvgIpc) is 2.59. The maximum absolute atomic E-state index is 5.63. The molecule has 1 aromatic rings. The number of aryl methyl sites for hydroxylation is 1. The van der Waals surface area contributed by atoms with E-state index in [9.17, 15) is 0 Å². The zero-order valence-corrected chi connectivity index (χ0v) is 15.0. The Morgan fingerprint density at radius 3 is 2.32 bits per heavy atom. The molecule has 1 aromatic carbocycles. The minimum atomic E-state index is 0.845. The number of ether oxygens (including phenoxy) is 2. The van der Waals surface area contributed by atoms with E-state index < -0.39 is 0 Å². The van der Waals surface area contributed by atoms with Gasteiger partial charge in [-0.3, -0.25) is 0 Å². The molecule has 0 aromatic heterocycles. The summed E-state index contributed by atoms with van der Waals surface area (Å²) in [6.07, 6.45) is 5.87. The van der Waals surface area contributed by atoms with E-state index in [0.29, 0.717) is 0 Å². The number of nitrogens with zero attached hydrogens (tertiary/aromatic N) is 1. The van der Waals surface area contributed by atoms with Crippen LogP contribution in [-0.4, -0.2) is 44.8 Å². The van der Waals surface area contributed by atoms with Gasteiger partial charge in [0.15, 0.2) is 0 Å². The number of morpholine rings is 1. The first-order chi connectivity index (χ1) is 10.9. The Kier molecular flexibility index (Phi) is 8.91. The highest BCUT2D eigenvalue weighted by atomic mass is 79.9. The zero-order valence-electron chi connectivity index (χ0n) is 13.4. The number of halogens is 1. The summed E-state index contributed by atoms with van der Waals surface area (Å²) in [4.78, 5) is 2.40. The van der Waals surface area contributed by atoms with Crippen LogP contribution in [0.1, 0.15) is 31.2 Å². The van der Waals surface area contributed by atoms with Crippen LogP contribution in [0.2, 0.25) is 0 Å². The van der Waals surface area contributed by atoms with Gasteiger partial charge in [0, 0.05) is 37.3 Å². The zero-order chi connectivity index (χ0) is 15.5. The SMILES string of the molecule is BrCCCCOCCCCc1ccc(N2CCOCC2)cc1. The normalized spacial score (nSPS) is 15.2. The minimum absolute atomic E-state index is 0.845. The quantitative estimate of drug-likeness (QED) is 0.458. The van der Waals surface area contributed by atoms with Crippen molar-refractivity contribution < 1.29 is 9.47 Å². The first-order valence-electron chi connectivity index (χ1n) is 8.45. The molecule has 22 heavy (non-hydrogen) atoms. The summed E-state index contributed by atoms with van der Waals surface area (Å²) in [5.74, 6) is 0. The number of benzene rings is 1. The van der Waals surface area contributed by atoms with Crippen LogP contribution in [0.15, 0.2) is 24.3 Å². The lowest BCUT2D eigenvalue weighted by Crippen LogP contribution is -2.36. The fourth-order valence-electron chi connectivity index (χ4n) is 2.63. The topological polar surface area (TPSA) is 21.7 Å². The summed E-state index contributed by atoms with van der Waals surface area (Å²) in [7, 11) is 0. The molecule has 0 spiro atoms. The van der Waals surface area contributed by atoms with E-state index >= 15 is 0 Å². The van der Waals surface area contributed by atoms with Gasteiger partial charge in [0.05, 0.1) is 13.2 Å². The summed E-state index contributed by atoms with van der Waals surface area (Å²) < 4.78 is 11.0. The van der Waals surface area contributed by atoms with Crippen LogP contribution in [0.25, 0.3) is 0 Å². The summed E-state index contributed by atoms with van der Waals surface area (Å²) in [5, 5.41) is 1.08. The van der Waals surface area contributed by atoms with E-state index in [0.717, 1.165) is 64.1 Å². The molecule has 0 amide bonds. The second-order valence-corrected chi connectivity index (χ2v) is 6.52. The molecular formula is C18H28BrNO2. The molecule has 1 heterocycles. The third-order valence-electron chi connectivity index (χ3n) is 3.99. The second-order valence-electron chi connectivity index (χ2n) is 5.73. The van der Waals surface area contributed by atoms with Gasteiger partial charge in [-0.2, -0.15) is 0 Å². The predicted molar refractivity (Wildman–Crippen MR) is 96.3 cm³/mol. The second kappa shape index (κ2) is 11.0. The number of anilines is 1. The van der Waals surface area contributed by atoms with E-state index in [1.54, 1.807) is 0 Å². The van der Waals surface area contributed by atoms with Crippen LogP contribution in [0.5, 0.6) is 0 Å². The van der Waals surface area contributed by atoms with Crippen molar-refractivity contribution in [1.82, 2.24) is 0 Å². The number of unbranched alkanes of at least 4 members (excludes halogenated alkanes) is 2. The maximum Gasteiger partial charge on any atom is 0.0642 e. The number of hydrogen-bond donors (Lipinski definition) is 0. The molecule has 1 aliphatic heterocycles. The Labute approximate surface area is 143 Å². The Balaban J connectivity index is 1.58. The molecule has 4 heteroatoms. The van der Waals surface area contributed by atoms with Gasteiger partial charge < -0.3 is 14.4 Å². The van der Waals surface area contributed by atoms with Crippen LogP contribution < -0.4 is 4.90 Å². The molecule has 0 atom stereocenters. The van der Waals surface area contributed by atoms with Crippen LogP contribution in [0, 0.1) is 0 Å². The van der Waals surface area contributed by atoms with E-state index in [-0.39, 0.29) is 0 Å². The fraction of sp³-hybridized carbons (Fsp3) is 0.667. The Morgan fingerprint density at radius 2 is 1.64 bits per heavy atom. The Hall–Kier alpha value is -0.580. The standard InChI is InChI=1S/C18H28BrNO2/c19-10-2-4-14-21-13-3-1-5-17-6-8-18(9-7-17)20-11-15-22-16-12-20/h6-9H,1-5,10-16H2. The molecule has 0 unspecified atom stereocenters. The van der Waals surface area contributed by atoms with Crippen molar-refractivity contribution in [3.8, 4) is 0 Å².